The Labute approximate surface area is 487 Å². The highest BCUT2D eigenvalue weighted by molar-refractivity contribution is 7.47. The summed E-state index contributed by atoms with van der Waals surface area (Å²) in [5.74, 6) is -0.180. The van der Waals surface area contributed by atoms with Crippen LogP contribution in [-0.4, -0.2) is 73.4 Å². The molecule has 0 bridgehead atoms. The lowest BCUT2D eigenvalue weighted by Crippen LogP contribution is -2.45. The number of likely N-dealkylation sites (N-methyl/N-ethyl adjacent to an activating group) is 1. The van der Waals surface area contributed by atoms with Crippen molar-refractivity contribution in [2.75, 3.05) is 40.9 Å². The quantitative estimate of drug-likeness (QED) is 0.0243. The van der Waals surface area contributed by atoms with Crippen molar-refractivity contribution < 1.29 is 32.9 Å². The molecule has 0 spiro atoms. The number of carbonyl (C=O) groups excluding carboxylic acids is 1. The third-order valence-electron chi connectivity index (χ3n) is 15.8. The number of aliphatic hydroxyl groups excluding tert-OH is 1. The van der Waals surface area contributed by atoms with Crippen LogP contribution in [0.5, 0.6) is 0 Å². The van der Waals surface area contributed by atoms with E-state index in [4.69, 9.17) is 9.05 Å². The van der Waals surface area contributed by atoms with Crippen molar-refractivity contribution in [3.8, 4) is 0 Å². The lowest BCUT2D eigenvalue weighted by molar-refractivity contribution is -0.870. The Morgan fingerprint density at radius 3 is 1.03 bits per heavy atom. The number of rotatable bonds is 64. The summed E-state index contributed by atoms with van der Waals surface area (Å²) in [5.41, 5.74) is 0. The maximum Gasteiger partial charge on any atom is 0.472 e. The normalized spacial score (nSPS) is 13.9. The van der Waals surface area contributed by atoms with Gasteiger partial charge >= 0.3 is 7.82 Å². The van der Waals surface area contributed by atoms with Crippen molar-refractivity contribution >= 4 is 13.7 Å². The van der Waals surface area contributed by atoms with Crippen LogP contribution in [0.2, 0.25) is 0 Å². The van der Waals surface area contributed by atoms with E-state index in [-0.39, 0.29) is 19.1 Å². The van der Waals surface area contributed by atoms with Crippen LogP contribution in [0, 0.1) is 0 Å². The first-order valence-electron chi connectivity index (χ1n) is 34.4. The number of phosphoric ester groups is 1. The zero-order valence-electron chi connectivity index (χ0n) is 52.9. The third-order valence-corrected chi connectivity index (χ3v) is 16.8. The van der Waals surface area contributed by atoms with Gasteiger partial charge in [0.25, 0.3) is 0 Å². The van der Waals surface area contributed by atoms with Gasteiger partial charge in [0.05, 0.1) is 39.9 Å². The van der Waals surface area contributed by atoms with Crippen LogP contribution < -0.4 is 5.32 Å². The number of phosphoric acid groups is 1. The fourth-order valence-electron chi connectivity index (χ4n) is 10.5. The second-order valence-electron chi connectivity index (χ2n) is 24.9. The molecule has 3 unspecified atom stereocenters. The Bertz CT molecular complexity index is 1360. The van der Waals surface area contributed by atoms with Crippen LogP contribution in [0.1, 0.15) is 348 Å². The van der Waals surface area contributed by atoms with Gasteiger partial charge in [-0.2, -0.15) is 0 Å². The second-order valence-corrected chi connectivity index (χ2v) is 26.4. The Kier molecular flexibility index (Phi) is 59.3. The van der Waals surface area contributed by atoms with Crippen LogP contribution in [-0.2, 0) is 18.4 Å². The SMILES string of the molecule is CCCCCCCCCCCCCC/C=C\CCCCCCCCCCCCCCCCCCCC(=O)NC(COP(=O)(O)OCC[N+](C)(C)C)C(O)/C=C/CC/C=C/CCCCCCCCCCCCCCCCCCC. The van der Waals surface area contributed by atoms with Gasteiger partial charge in [0.2, 0.25) is 5.91 Å². The molecular formula is C69H136N2O6P+. The first-order chi connectivity index (χ1) is 38.0. The molecule has 0 aliphatic rings. The van der Waals surface area contributed by atoms with Gasteiger partial charge in [0.15, 0.2) is 0 Å². The van der Waals surface area contributed by atoms with Gasteiger partial charge in [-0.15, -0.1) is 0 Å². The molecule has 3 N–H and O–H groups in total. The van der Waals surface area contributed by atoms with Crippen molar-refractivity contribution in [1.82, 2.24) is 5.32 Å². The number of quaternary nitrogens is 1. The summed E-state index contributed by atoms with van der Waals surface area (Å²) in [6, 6.07) is -0.863. The van der Waals surface area contributed by atoms with Gasteiger partial charge in [0.1, 0.15) is 13.2 Å². The monoisotopic (exact) mass is 1120 g/mol. The van der Waals surface area contributed by atoms with E-state index in [1.54, 1.807) is 6.08 Å². The molecule has 0 saturated carbocycles. The first kappa shape index (κ1) is 76.7. The van der Waals surface area contributed by atoms with E-state index >= 15 is 0 Å². The van der Waals surface area contributed by atoms with Crippen LogP contribution in [0.3, 0.4) is 0 Å². The number of allylic oxidation sites excluding steroid dienone is 5. The maximum atomic E-state index is 13.0. The zero-order valence-corrected chi connectivity index (χ0v) is 53.8. The Morgan fingerprint density at radius 1 is 0.423 bits per heavy atom. The standard InChI is InChI=1S/C69H135N2O6P/c1-6-8-10-12-14-16-18-20-22-24-26-28-30-31-32-33-34-35-36-37-38-39-41-43-45-47-49-51-53-55-57-59-61-63-69(73)70-67(66-77-78(74,75)76-65-64-71(3,4)5)68(72)62-60-58-56-54-52-50-48-46-44-42-40-29-27-25-23-21-19-17-15-13-11-9-7-2/h31-32,52,54,60,62,67-68,72H,6-30,33-51,53,55-59,61,63-66H2,1-5H3,(H-,70,73,74,75)/p+1/b32-31-,54-52+,62-60+. The van der Waals surface area contributed by atoms with Crippen LogP contribution >= 0.6 is 7.82 Å². The molecule has 0 aliphatic carbocycles. The maximum absolute atomic E-state index is 13.0. The molecule has 0 radical (unpaired) electrons. The molecule has 1 amide bonds. The highest BCUT2D eigenvalue weighted by Gasteiger charge is 2.28. The topological polar surface area (TPSA) is 105 Å². The predicted octanol–water partition coefficient (Wildman–Crippen LogP) is 21.7. The summed E-state index contributed by atoms with van der Waals surface area (Å²) in [5, 5.41) is 14.0. The van der Waals surface area contributed by atoms with Gasteiger partial charge in [-0.25, -0.2) is 4.57 Å². The van der Waals surface area contributed by atoms with Crippen LogP contribution in [0.4, 0.5) is 0 Å². The minimum absolute atomic E-state index is 0.0578. The van der Waals surface area contributed by atoms with Crippen molar-refractivity contribution in [3.63, 3.8) is 0 Å². The van der Waals surface area contributed by atoms with E-state index in [0.29, 0.717) is 17.4 Å². The fraction of sp³-hybridized carbons (Fsp3) is 0.899. The lowest BCUT2D eigenvalue weighted by atomic mass is 10.0. The van der Waals surface area contributed by atoms with E-state index in [0.717, 1.165) is 38.5 Å². The average molecular weight is 1120 g/mol. The summed E-state index contributed by atoms with van der Waals surface area (Å²) in [6.07, 6.45) is 80.1. The van der Waals surface area contributed by atoms with Crippen molar-refractivity contribution in [2.24, 2.45) is 0 Å². The summed E-state index contributed by atoms with van der Waals surface area (Å²) in [4.78, 5) is 23.4. The van der Waals surface area contributed by atoms with Gasteiger partial charge in [-0.05, 0) is 57.8 Å². The third kappa shape index (κ3) is 62.3. The average Bonchev–Trinajstić information content (AvgIpc) is 3.41. The van der Waals surface area contributed by atoms with E-state index in [1.165, 1.54) is 289 Å². The largest absolute Gasteiger partial charge is 0.472 e. The molecule has 0 aliphatic heterocycles. The predicted molar refractivity (Wildman–Crippen MR) is 341 cm³/mol. The Hall–Kier alpha value is -1.28. The minimum atomic E-state index is -4.36. The Morgan fingerprint density at radius 2 is 0.705 bits per heavy atom. The summed E-state index contributed by atoms with van der Waals surface area (Å²) in [6.45, 7) is 4.85. The zero-order chi connectivity index (χ0) is 57.0. The lowest BCUT2D eigenvalue weighted by Gasteiger charge is -2.25. The highest BCUT2D eigenvalue weighted by Crippen LogP contribution is 2.43. The molecule has 0 heterocycles. The molecule has 0 aromatic heterocycles. The number of carbonyl (C=O) groups is 1. The van der Waals surface area contributed by atoms with E-state index < -0.39 is 20.0 Å². The Balaban J connectivity index is 4.06. The molecule has 0 aromatic carbocycles. The number of nitrogens with one attached hydrogen (secondary N) is 1. The highest BCUT2D eigenvalue weighted by atomic mass is 31.2. The van der Waals surface area contributed by atoms with Crippen molar-refractivity contribution in [2.45, 2.75) is 360 Å². The molecule has 3 atom stereocenters. The van der Waals surface area contributed by atoms with Crippen LogP contribution in [0.15, 0.2) is 36.5 Å². The first-order valence-corrected chi connectivity index (χ1v) is 35.9. The minimum Gasteiger partial charge on any atom is -0.387 e. The van der Waals surface area contributed by atoms with Gasteiger partial charge in [-0.1, -0.05) is 320 Å². The molecule has 8 nitrogen and oxygen atoms in total. The van der Waals surface area contributed by atoms with E-state index in [2.05, 4.69) is 43.5 Å². The van der Waals surface area contributed by atoms with Gasteiger partial charge < -0.3 is 19.8 Å². The number of hydrogen-bond acceptors (Lipinski definition) is 5. The van der Waals surface area contributed by atoms with Crippen molar-refractivity contribution in [3.05, 3.63) is 36.5 Å². The summed E-state index contributed by atoms with van der Waals surface area (Å²) < 4.78 is 23.8. The molecule has 78 heavy (non-hydrogen) atoms. The smallest absolute Gasteiger partial charge is 0.387 e. The van der Waals surface area contributed by atoms with Gasteiger partial charge in [0, 0.05) is 6.42 Å². The van der Waals surface area contributed by atoms with E-state index in [1.807, 2.05) is 27.2 Å². The molecule has 9 heteroatoms. The molecule has 462 valence electrons. The van der Waals surface area contributed by atoms with E-state index in [9.17, 15) is 19.4 Å². The molecule has 0 fully saturated rings. The molecule has 0 aromatic rings. The van der Waals surface area contributed by atoms with Crippen molar-refractivity contribution in [1.29, 1.82) is 0 Å². The molecule has 0 saturated heterocycles. The molecule has 0 rings (SSSR count). The number of amides is 1. The summed E-state index contributed by atoms with van der Waals surface area (Å²) in [7, 11) is 1.57. The van der Waals surface area contributed by atoms with Crippen LogP contribution in [0.25, 0.3) is 0 Å². The van der Waals surface area contributed by atoms with Gasteiger partial charge in [-0.3, -0.25) is 13.8 Å². The molecular weight excluding hydrogens is 984 g/mol. The number of nitrogens with zero attached hydrogens (tertiary/aromatic N) is 1. The second kappa shape index (κ2) is 60.3. The number of unbranched alkanes of at least 4 members (excludes halogenated alkanes) is 47. The summed E-state index contributed by atoms with van der Waals surface area (Å²) >= 11 is 0. The number of aliphatic hydroxyl groups is 1. The fourth-order valence-corrected chi connectivity index (χ4v) is 11.2. The number of hydrogen-bond donors (Lipinski definition) is 3.